The van der Waals surface area contributed by atoms with Crippen molar-refractivity contribution in [3.05, 3.63) is 65.4 Å². The minimum Gasteiger partial charge on any atom is -0.396 e. The van der Waals surface area contributed by atoms with Crippen molar-refractivity contribution in [1.29, 1.82) is 0 Å². The van der Waals surface area contributed by atoms with Crippen molar-refractivity contribution in [3.63, 3.8) is 0 Å². The third-order valence-corrected chi connectivity index (χ3v) is 6.12. The zero-order valence-corrected chi connectivity index (χ0v) is 16.8. The number of aryl methyl sites for hydroxylation is 1. The number of nitrogens with zero attached hydrogens (tertiary/aromatic N) is 3. The molecule has 0 amide bonds. The van der Waals surface area contributed by atoms with Crippen LogP contribution in [0.15, 0.2) is 54.9 Å². The van der Waals surface area contributed by atoms with E-state index in [9.17, 15) is 5.11 Å². The van der Waals surface area contributed by atoms with E-state index in [0.29, 0.717) is 5.02 Å². The van der Waals surface area contributed by atoms with Gasteiger partial charge in [0.1, 0.15) is 12.1 Å². The van der Waals surface area contributed by atoms with E-state index in [1.54, 1.807) is 6.33 Å². The van der Waals surface area contributed by atoms with Gasteiger partial charge < -0.3 is 10.0 Å². The van der Waals surface area contributed by atoms with Crippen LogP contribution >= 0.6 is 11.6 Å². The highest BCUT2D eigenvalue weighted by molar-refractivity contribution is 6.31. The number of hydrogen-bond donors (Lipinski definition) is 1. The molecule has 1 aromatic heterocycles. The largest absolute Gasteiger partial charge is 0.396 e. The van der Waals surface area contributed by atoms with Crippen LogP contribution in [0, 0.1) is 5.41 Å². The fourth-order valence-electron chi connectivity index (χ4n) is 4.38. The summed E-state index contributed by atoms with van der Waals surface area (Å²) in [4.78, 5) is 11.3. The number of aliphatic hydroxyl groups is 1. The molecule has 0 aliphatic carbocycles. The highest BCUT2D eigenvalue weighted by Crippen LogP contribution is 2.37. The van der Waals surface area contributed by atoms with Crippen molar-refractivity contribution in [1.82, 2.24) is 9.97 Å². The lowest BCUT2D eigenvalue weighted by molar-refractivity contribution is 0.0939. The average Bonchev–Trinajstić information content (AvgIpc) is 2.74. The molecule has 1 fully saturated rings. The van der Waals surface area contributed by atoms with Gasteiger partial charge in [0.2, 0.25) is 0 Å². The molecule has 1 aliphatic heterocycles. The van der Waals surface area contributed by atoms with Gasteiger partial charge in [0.05, 0.1) is 12.1 Å². The molecule has 0 saturated carbocycles. The second-order valence-corrected chi connectivity index (χ2v) is 8.32. The molecule has 5 heteroatoms. The predicted molar refractivity (Wildman–Crippen MR) is 115 cm³/mol. The summed E-state index contributed by atoms with van der Waals surface area (Å²) in [5.41, 5.74) is 2.15. The van der Waals surface area contributed by atoms with E-state index in [-0.39, 0.29) is 12.0 Å². The molecule has 3 aromatic rings. The average molecular weight is 396 g/mol. The van der Waals surface area contributed by atoms with Gasteiger partial charge in [0.25, 0.3) is 0 Å². The molecule has 2 aromatic carbocycles. The SMILES string of the molecule is OCC1(CCCc2ccccc2)CCCN(c2ncnc3cc(Cl)ccc23)C1. The van der Waals surface area contributed by atoms with Gasteiger partial charge in [-0.2, -0.15) is 0 Å². The lowest BCUT2D eigenvalue weighted by atomic mass is 9.76. The first-order valence-corrected chi connectivity index (χ1v) is 10.4. The molecule has 1 aliphatic rings. The number of halogens is 1. The maximum Gasteiger partial charge on any atom is 0.139 e. The minimum atomic E-state index is -0.0727. The molecule has 0 bridgehead atoms. The summed E-state index contributed by atoms with van der Waals surface area (Å²) in [7, 11) is 0. The summed E-state index contributed by atoms with van der Waals surface area (Å²) in [5.74, 6) is 0.947. The van der Waals surface area contributed by atoms with Gasteiger partial charge >= 0.3 is 0 Å². The summed E-state index contributed by atoms with van der Waals surface area (Å²) in [5, 5.41) is 12.0. The molecule has 28 heavy (non-hydrogen) atoms. The Morgan fingerprint density at radius 2 is 1.96 bits per heavy atom. The molecule has 1 saturated heterocycles. The van der Waals surface area contributed by atoms with Gasteiger partial charge in [-0.3, -0.25) is 0 Å². The minimum absolute atomic E-state index is 0.0727. The normalized spacial score (nSPS) is 19.9. The highest BCUT2D eigenvalue weighted by Gasteiger charge is 2.35. The van der Waals surface area contributed by atoms with Crippen molar-refractivity contribution < 1.29 is 5.11 Å². The monoisotopic (exact) mass is 395 g/mol. The van der Waals surface area contributed by atoms with E-state index in [4.69, 9.17) is 11.6 Å². The van der Waals surface area contributed by atoms with Gasteiger partial charge in [-0.15, -0.1) is 0 Å². The summed E-state index contributed by atoms with van der Waals surface area (Å²) in [6, 6.07) is 16.4. The van der Waals surface area contributed by atoms with Crippen molar-refractivity contribution in [2.24, 2.45) is 5.41 Å². The Bertz CT molecular complexity index is 934. The fraction of sp³-hybridized carbons (Fsp3) is 0.391. The number of piperidine rings is 1. The molecule has 4 rings (SSSR count). The number of aromatic nitrogens is 2. The summed E-state index contributed by atoms with van der Waals surface area (Å²) in [6.07, 6.45) is 6.88. The Hall–Kier alpha value is -2.17. The van der Waals surface area contributed by atoms with Crippen LogP contribution in [0.25, 0.3) is 10.9 Å². The molecule has 1 unspecified atom stereocenters. The number of hydrogen-bond acceptors (Lipinski definition) is 4. The molecular formula is C23H26ClN3O. The first kappa shape index (κ1) is 19.2. The molecule has 0 spiro atoms. The predicted octanol–water partition coefficient (Wildman–Crippen LogP) is 4.89. The van der Waals surface area contributed by atoms with Gasteiger partial charge in [-0.25, -0.2) is 9.97 Å². The molecule has 2 heterocycles. The molecule has 4 nitrogen and oxygen atoms in total. The Kier molecular flexibility index (Phi) is 5.79. The quantitative estimate of drug-likeness (QED) is 0.645. The van der Waals surface area contributed by atoms with Crippen LogP contribution in [0.1, 0.15) is 31.2 Å². The first-order valence-electron chi connectivity index (χ1n) is 9.99. The molecule has 1 N–H and O–H groups in total. The first-order chi connectivity index (χ1) is 13.7. The molecular weight excluding hydrogens is 370 g/mol. The number of anilines is 1. The Balaban J connectivity index is 1.51. The summed E-state index contributed by atoms with van der Waals surface area (Å²) < 4.78 is 0. The number of aliphatic hydroxyl groups excluding tert-OH is 1. The molecule has 0 radical (unpaired) electrons. The van der Waals surface area contributed by atoms with Crippen molar-refractivity contribution in [2.75, 3.05) is 24.6 Å². The molecule has 146 valence electrons. The van der Waals surface area contributed by atoms with Crippen LogP contribution in [-0.2, 0) is 6.42 Å². The second-order valence-electron chi connectivity index (χ2n) is 7.88. The van der Waals surface area contributed by atoms with E-state index in [0.717, 1.165) is 61.9 Å². The lowest BCUT2D eigenvalue weighted by Gasteiger charge is -2.42. The van der Waals surface area contributed by atoms with Gasteiger partial charge in [0, 0.05) is 28.9 Å². The van der Waals surface area contributed by atoms with Crippen molar-refractivity contribution in [2.45, 2.75) is 32.1 Å². The van der Waals surface area contributed by atoms with Gasteiger partial charge in [-0.1, -0.05) is 41.9 Å². The lowest BCUT2D eigenvalue weighted by Crippen LogP contribution is -2.46. The van der Waals surface area contributed by atoms with Crippen LogP contribution in [-0.4, -0.2) is 34.8 Å². The van der Waals surface area contributed by atoms with E-state index in [1.807, 2.05) is 18.2 Å². The van der Waals surface area contributed by atoms with Gasteiger partial charge in [0.15, 0.2) is 0 Å². The topological polar surface area (TPSA) is 49.2 Å². The second kappa shape index (κ2) is 8.46. The van der Waals surface area contributed by atoms with Crippen molar-refractivity contribution in [3.8, 4) is 0 Å². The summed E-state index contributed by atoms with van der Waals surface area (Å²) in [6.45, 7) is 2.00. The third-order valence-electron chi connectivity index (χ3n) is 5.89. The van der Waals surface area contributed by atoms with E-state index in [1.165, 1.54) is 5.56 Å². The maximum absolute atomic E-state index is 10.3. The Morgan fingerprint density at radius 1 is 1.11 bits per heavy atom. The number of benzene rings is 2. The van der Waals surface area contributed by atoms with E-state index >= 15 is 0 Å². The van der Waals surface area contributed by atoms with Crippen LogP contribution in [0.2, 0.25) is 5.02 Å². The fourth-order valence-corrected chi connectivity index (χ4v) is 4.55. The zero-order valence-electron chi connectivity index (χ0n) is 16.0. The Morgan fingerprint density at radius 3 is 2.79 bits per heavy atom. The van der Waals surface area contributed by atoms with Crippen LogP contribution < -0.4 is 4.90 Å². The number of fused-ring (bicyclic) bond motifs is 1. The number of rotatable bonds is 6. The van der Waals surface area contributed by atoms with E-state index in [2.05, 4.69) is 45.2 Å². The van der Waals surface area contributed by atoms with Crippen LogP contribution in [0.5, 0.6) is 0 Å². The third kappa shape index (κ3) is 4.13. The summed E-state index contributed by atoms with van der Waals surface area (Å²) >= 11 is 6.13. The zero-order chi connectivity index (χ0) is 19.4. The van der Waals surface area contributed by atoms with E-state index < -0.39 is 0 Å². The van der Waals surface area contributed by atoms with Gasteiger partial charge in [-0.05, 0) is 55.9 Å². The van der Waals surface area contributed by atoms with Crippen molar-refractivity contribution >= 4 is 28.3 Å². The standard InChI is InChI=1S/C23H26ClN3O/c24-19-9-10-20-21(14-19)25-17-26-22(20)27-13-5-12-23(15-27,16-28)11-4-8-18-6-2-1-3-7-18/h1-3,6-7,9-10,14,17,28H,4-5,8,11-13,15-16H2. The molecule has 1 atom stereocenters. The maximum atomic E-state index is 10.3. The smallest absolute Gasteiger partial charge is 0.139 e. The van der Waals surface area contributed by atoms with Crippen LogP contribution in [0.3, 0.4) is 0 Å². The Labute approximate surface area is 171 Å². The highest BCUT2D eigenvalue weighted by atomic mass is 35.5. The van der Waals surface area contributed by atoms with Crippen LogP contribution in [0.4, 0.5) is 5.82 Å².